The van der Waals surface area contributed by atoms with Crippen molar-refractivity contribution in [2.75, 3.05) is 13.7 Å². The Balaban J connectivity index is 2.23. The zero-order valence-corrected chi connectivity index (χ0v) is 13.8. The molecule has 1 aromatic carbocycles. The van der Waals surface area contributed by atoms with Crippen molar-refractivity contribution in [1.29, 1.82) is 0 Å². The Hall–Kier alpha value is -0.960. The molecule has 0 heterocycles. The molecule has 6 nitrogen and oxygen atoms in total. The minimum Gasteiger partial charge on any atom is -0.478 e. The number of benzene rings is 1. The Morgan fingerprint density at radius 1 is 1.48 bits per heavy atom. The number of aromatic carboxylic acids is 1. The van der Waals surface area contributed by atoms with E-state index in [1.807, 2.05) is 0 Å². The van der Waals surface area contributed by atoms with E-state index < -0.39 is 21.6 Å². The highest BCUT2D eigenvalue weighted by atomic mass is 79.9. The molecule has 1 fully saturated rings. The molecule has 1 aliphatic rings. The van der Waals surface area contributed by atoms with E-state index in [1.165, 1.54) is 12.1 Å². The second-order valence-electron chi connectivity index (χ2n) is 5.02. The van der Waals surface area contributed by atoms with Crippen molar-refractivity contribution in [2.45, 2.75) is 29.8 Å². The van der Waals surface area contributed by atoms with E-state index in [0.717, 1.165) is 25.3 Å². The molecule has 0 aromatic heterocycles. The number of carboxylic acid groups (broad SMARTS) is 1. The van der Waals surface area contributed by atoms with E-state index in [2.05, 4.69) is 20.7 Å². The lowest BCUT2D eigenvalue weighted by molar-refractivity contribution is -0.0659. The first-order valence-electron chi connectivity index (χ1n) is 6.37. The number of methoxy groups -OCH3 is 1. The van der Waals surface area contributed by atoms with E-state index >= 15 is 0 Å². The third kappa shape index (κ3) is 3.45. The van der Waals surface area contributed by atoms with Crippen molar-refractivity contribution in [3.8, 4) is 0 Å². The summed E-state index contributed by atoms with van der Waals surface area (Å²) in [6.07, 6.45) is 2.62. The zero-order valence-electron chi connectivity index (χ0n) is 11.4. The molecule has 0 saturated heterocycles. The van der Waals surface area contributed by atoms with Gasteiger partial charge in [0.1, 0.15) is 0 Å². The van der Waals surface area contributed by atoms with Crippen LogP contribution in [0.3, 0.4) is 0 Å². The van der Waals surface area contributed by atoms with Crippen LogP contribution < -0.4 is 4.72 Å². The molecule has 1 saturated carbocycles. The van der Waals surface area contributed by atoms with Crippen molar-refractivity contribution in [1.82, 2.24) is 4.72 Å². The maximum absolute atomic E-state index is 12.3. The van der Waals surface area contributed by atoms with Crippen LogP contribution in [0.5, 0.6) is 0 Å². The SMILES string of the molecule is COC1(CNS(=O)(=O)c2cc(C(=O)O)ccc2Br)CCC1. The molecular formula is C13H16BrNO5S. The predicted octanol–water partition coefficient (Wildman–Crippen LogP) is 1.99. The Bertz CT molecular complexity index is 649. The van der Waals surface area contributed by atoms with Gasteiger partial charge in [-0.2, -0.15) is 0 Å². The molecule has 21 heavy (non-hydrogen) atoms. The molecule has 0 unspecified atom stereocenters. The second-order valence-corrected chi connectivity index (χ2v) is 7.61. The molecule has 1 aromatic rings. The summed E-state index contributed by atoms with van der Waals surface area (Å²) in [5.41, 5.74) is -0.520. The van der Waals surface area contributed by atoms with Crippen molar-refractivity contribution >= 4 is 31.9 Å². The van der Waals surface area contributed by atoms with Crippen molar-refractivity contribution in [2.24, 2.45) is 0 Å². The number of carboxylic acids is 1. The second kappa shape index (κ2) is 6.04. The summed E-state index contributed by atoms with van der Waals surface area (Å²) < 4.78 is 32.9. The number of ether oxygens (including phenoxy) is 1. The molecule has 0 spiro atoms. The minimum atomic E-state index is -3.81. The highest BCUT2D eigenvalue weighted by molar-refractivity contribution is 9.10. The third-order valence-corrected chi connectivity index (χ3v) is 6.14. The number of carbonyl (C=O) groups is 1. The van der Waals surface area contributed by atoms with E-state index in [4.69, 9.17) is 9.84 Å². The Labute approximate surface area is 131 Å². The Morgan fingerprint density at radius 3 is 2.62 bits per heavy atom. The average Bonchev–Trinajstić information content (AvgIpc) is 2.38. The first-order chi connectivity index (χ1) is 9.80. The van der Waals surface area contributed by atoms with Crippen LogP contribution in [-0.4, -0.2) is 38.7 Å². The number of sulfonamides is 1. The van der Waals surface area contributed by atoms with Gasteiger partial charge < -0.3 is 9.84 Å². The quantitative estimate of drug-likeness (QED) is 0.790. The van der Waals surface area contributed by atoms with E-state index in [9.17, 15) is 13.2 Å². The molecule has 0 bridgehead atoms. The molecule has 0 radical (unpaired) electrons. The average molecular weight is 378 g/mol. The summed E-state index contributed by atoms with van der Waals surface area (Å²) in [5, 5.41) is 8.96. The summed E-state index contributed by atoms with van der Waals surface area (Å²) in [7, 11) is -2.24. The van der Waals surface area contributed by atoms with Gasteiger partial charge in [0, 0.05) is 18.1 Å². The van der Waals surface area contributed by atoms with Gasteiger partial charge in [-0.15, -0.1) is 0 Å². The predicted molar refractivity (Wildman–Crippen MR) is 79.9 cm³/mol. The van der Waals surface area contributed by atoms with Gasteiger partial charge in [0.15, 0.2) is 0 Å². The maximum Gasteiger partial charge on any atom is 0.335 e. The third-order valence-electron chi connectivity index (χ3n) is 3.75. The Kier molecular flexibility index (Phi) is 4.72. The maximum atomic E-state index is 12.3. The largest absolute Gasteiger partial charge is 0.478 e. The highest BCUT2D eigenvalue weighted by Gasteiger charge is 2.38. The van der Waals surface area contributed by atoms with Crippen LogP contribution in [-0.2, 0) is 14.8 Å². The first-order valence-corrected chi connectivity index (χ1v) is 8.65. The van der Waals surface area contributed by atoms with Crippen LogP contribution >= 0.6 is 15.9 Å². The van der Waals surface area contributed by atoms with Gasteiger partial charge in [0.25, 0.3) is 0 Å². The molecule has 1 aliphatic carbocycles. The summed E-state index contributed by atoms with van der Waals surface area (Å²) in [4.78, 5) is 10.9. The lowest BCUT2D eigenvalue weighted by Crippen LogP contribution is -2.49. The molecule has 0 amide bonds. The summed E-state index contributed by atoms with van der Waals surface area (Å²) in [6.45, 7) is 0.176. The van der Waals surface area contributed by atoms with Crippen LogP contribution in [0.15, 0.2) is 27.6 Å². The zero-order chi connectivity index (χ0) is 15.7. The molecule has 0 atom stereocenters. The van der Waals surface area contributed by atoms with E-state index in [1.54, 1.807) is 7.11 Å². The van der Waals surface area contributed by atoms with Gasteiger partial charge >= 0.3 is 5.97 Å². The van der Waals surface area contributed by atoms with Crippen LogP contribution in [0.2, 0.25) is 0 Å². The Morgan fingerprint density at radius 2 is 2.14 bits per heavy atom. The fraction of sp³-hybridized carbons (Fsp3) is 0.462. The first kappa shape index (κ1) is 16.4. The topological polar surface area (TPSA) is 92.7 Å². The minimum absolute atomic E-state index is 0.0799. The van der Waals surface area contributed by atoms with Crippen LogP contribution in [0.25, 0.3) is 0 Å². The lowest BCUT2D eigenvalue weighted by atomic mass is 9.80. The number of halogens is 1. The summed E-state index contributed by atoms with van der Waals surface area (Å²) in [6, 6.07) is 3.89. The van der Waals surface area contributed by atoms with Crippen molar-refractivity contribution in [3.05, 3.63) is 28.2 Å². The molecule has 116 valence electrons. The van der Waals surface area contributed by atoms with Gasteiger partial charge in [-0.1, -0.05) is 0 Å². The molecular weight excluding hydrogens is 362 g/mol. The van der Waals surface area contributed by atoms with Crippen molar-refractivity contribution in [3.63, 3.8) is 0 Å². The number of nitrogens with one attached hydrogen (secondary N) is 1. The van der Waals surface area contributed by atoms with Gasteiger partial charge in [-0.25, -0.2) is 17.9 Å². The lowest BCUT2D eigenvalue weighted by Gasteiger charge is -2.40. The van der Waals surface area contributed by atoms with E-state index in [-0.39, 0.29) is 17.0 Å². The number of hydrogen-bond acceptors (Lipinski definition) is 4. The van der Waals surface area contributed by atoms with Gasteiger partial charge in [0.05, 0.1) is 16.1 Å². The van der Waals surface area contributed by atoms with Gasteiger partial charge in [0.2, 0.25) is 10.0 Å². The fourth-order valence-corrected chi connectivity index (χ4v) is 4.27. The monoisotopic (exact) mass is 377 g/mol. The fourth-order valence-electron chi connectivity index (χ4n) is 2.17. The summed E-state index contributed by atoms with van der Waals surface area (Å²) >= 11 is 3.14. The van der Waals surface area contributed by atoms with Crippen molar-refractivity contribution < 1.29 is 23.1 Å². The van der Waals surface area contributed by atoms with Crippen LogP contribution in [0.1, 0.15) is 29.6 Å². The van der Waals surface area contributed by atoms with Crippen LogP contribution in [0.4, 0.5) is 0 Å². The molecule has 2 N–H and O–H groups in total. The van der Waals surface area contributed by atoms with Gasteiger partial charge in [-0.3, -0.25) is 0 Å². The van der Waals surface area contributed by atoms with Crippen LogP contribution in [0, 0.1) is 0 Å². The van der Waals surface area contributed by atoms with Gasteiger partial charge in [-0.05, 0) is 53.4 Å². The molecule has 8 heteroatoms. The highest BCUT2D eigenvalue weighted by Crippen LogP contribution is 2.34. The summed E-state index contributed by atoms with van der Waals surface area (Å²) in [5.74, 6) is -1.17. The number of hydrogen-bond donors (Lipinski definition) is 2. The molecule has 0 aliphatic heterocycles. The normalized spacial score (nSPS) is 17.2. The standard InChI is InChI=1S/C13H16BrNO5S/c1-20-13(5-2-6-13)8-15-21(18,19)11-7-9(12(16)17)3-4-10(11)14/h3-4,7,15H,2,5-6,8H2,1H3,(H,16,17). The smallest absolute Gasteiger partial charge is 0.335 e. The van der Waals surface area contributed by atoms with E-state index in [0.29, 0.717) is 4.47 Å². The number of rotatable bonds is 6. The molecule has 2 rings (SSSR count).